The first-order valence-electron chi connectivity index (χ1n) is 7.15. The highest BCUT2D eigenvalue weighted by Gasteiger charge is 2.18. The van der Waals surface area contributed by atoms with Crippen molar-refractivity contribution in [2.75, 3.05) is 0 Å². The van der Waals surface area contributed by atoms with Gasteiger partial charge in [-0.15, -0.1) is 0 Å². The zero-order valence-corrected chi connectivity index (χ0v) is 12.8. The van der Waals surface area contributed by atoms with Crippen molar-refractivity contribution in [2.45, 2.75) is 13.8 Å². The van der Waals surface area contributed by atoms with E-state index in [9.17, 15) is 9.18 Å². The fraction of sp³-hybridized carbons (Fsp3) is 0.111. The molecule has 0 aliphatic rings. The maximum atomic E-state index is 13.5. The monoisotopic (exact) mass is 310 g/mol. The van der Waals surface area contributed by atoms with Gasteiger partial charge < -0.3 is 4.74 Å². The lowest BCUT2D eigenvalue weighted by molar-refractivity contribution is 0.0732. The van der Waals surface area contributed by atoms with Gasteiger partial charge in [-0.2, -0.15) is 5.10 Å². The van der Waals surface area contributed by atoms with Crippen LogP contribution in [0.1, 0.15) is 21.6 Å². The third-order valence-electron chi connectivity index (χ3n) is 3.65. The van der Waals surface area contributed by atoms with Gasteiger partial charge in [0.2, 0.25) is 0 Å². The predicted octanol–water partition coefficient (Wildman–Crippen LogP) is 3.85. The summed E-state index contributed by atoms with van der Waals surface area (Å²) >= 11 is 0. The number of aromatic nitrogens is 2. The number of carbonyl (C=O) groups excluding carboxylic acids is 1. The van der Waals surface area contributed by atoms with E-state index in [0.717, 1.165) is 5.69 Å². The molecule has 0 amide bonds. The van der Waals surface area contributed by atoms with E-state index in [2.05, 4.69) is 5.10 Å². The van der Waals surface area contributed by atoms with Gasteiger partial charge >= 0.3 is 5.97 Å². The fourth-order valence-electron chi connectivity index (χ4n) is 2.29. The molecule has 116 valence electrons. The molecule has 0 spiro atoms. The van der Waals surface area contributed by atoms with E-state index in [-0.39, 0.29) is 5.75 Å². The quantitative estimate of drug-likeness (QED) is 0.545. The SMILES string of the molecule is Cc1c(F)cccc1OC(=O)c1cnn(-c2ccccc2)c1C. The van der Waals surface area contributed by atoms with Crippen LogP contribution < -0.4 is 4.74 Å². The molecule has 0 N–H and O–H groups in total. The van der Waals surface area contributed by atoms with E-state index in [1.807, 2.05) is 30.3 Å². The predicted molar refractivity (Wildman–Crippen MR) is 84.4 cm³/mol. The lowest BCUT2D eigenvalue weighted by Crippen LogP contribution is -2.11. The van der Waals surface area contributed by atoms with E-state index in [4.69, 9.17) is 4.74 Å². The van der Waals surface area contributed by atoms with Crippen molar-refractivity contribution < 1.29 is 13.9 Å². The van der Waals surface area contributed by atoms with Crippen molar-refractivity contribution in [2.24, 2.45) is 0 Å². The van der Waals surface area contributed by atoms with E-state index in [1.54, 1.807) is 24.6 Å². The number of benzene rings is 2. The van der Waals surface area contributed by atoms with Gasteiger partial charge in [0.1, 0.15) is 17.1 Å². The summed E-state index contributed by atoms with van der Waals surface area (Å²) in [4.78, 5) is 12.3. The van der Waals surface area contributed by atoms with E-state index < -0.39 is 11.8 Å². The molecule has 1 heterocycles. The highest BCUT2D eigenvalue weighted by atomic mass is 19.1. The summed E-state index contributed by atoms with van der Waals surface area (Å²) in [5, 5.41) is 4.23. The van der Waals surface area contributed by atoms with E-state index >= 15 is 0 Å². The molecule has 23 heavy (non-hydrogen) atoms. The van der Waals surface area contributed by atoms with Crippen LogP contribution in [0.15, 0.2) is 54.7 Å². The smallest absolute Gasteiger partial charge is 0.347 e. The minimum atomic E-state index is -0.557. The van der Waals surface area contributed by atoms with Gasteiger partial charge in [0.15, 0.2) is 0 Å². The standard InChI is InChI=1S/C18H15FN2O2/c1-12-16(19)9-6-10-17(12)23-18(22)15-11-20-21(13(15)2)14-7-4-3-5-8-14/h3-11H,1-2H3. The number of halogens is 1. The van der Waals surface area contributed by atoms with Gasteiger partial charge in [0.05, 0.1) is 17.6 Å². The first-order valence-corrected chi connectivity index (χ1v) is 7.15. The number of nitrogens with zero attached hydrogens (tertiary/aromatic N) is 2. The summed E-state index contributed by atoms with van der Waals surface area (Å²) < 4.78 is 20.5. The number of ether oxygens (including phenoxy) is 1. The van der Waals surface area contributed by atoms with Crippen molar-refractivity contribution in [3.8, 4) is 11.4 Å². The van der Waals surface area contributed by atoms with Gasteiger partial charge in [-0.1, -0.05) is 24.3 Å². The van der Waals surface area contributed by atoms with Crippen molar-refractivity contribution in [1.29, 1.82) is 0 Å². The molecule has 0 bridgehead atoms. The van der Waals surface area contributed by atoms with Crippen LogP contribution in [0.4, 0.5) is 4.39 Å². The molecule has 3 aromatic rings. The second-order valence-corrected chi connectivity index (χ2v) is 5.14. The van der Waals surface area contributed by atoms with Crippen molar-refractivity contribution in [3.05, 3.63) is 77.4 Å². The van der Waals surface area contributed by atoms with Crippen LogP contribution in [-0.2, 0) is 0 Å². The normalized spacial score (nSPS) is 10.6. The zero-order chi connectivity index (χ0) is 16.4. The number of esters is 1. The van der Waals surface area contributed by atoms with Gasteiger partial charge in [0, 0.05) is 5.56 Å². The molecule has 0 saturated heterocycles. The van der Waals surface area contributed by atoms with Crippen LogP contribution in [0.2, 0.25) is 0 Å². The lowest BCUT2D eigenvalue weighted by atomic mass is 10.2. The summed E-state index contributed by atoms with van der Waals surface area (Å²) in [6, 6.07) is 13.9. The molecular formula is C18H15FN2O2. The summed E-state index contributed by atoms with van der Waals surface area (Å²) in [6.45, 7) is 3.35. The molecule has 0 aliphatic carbocycles. The van der Waals surface area contributed by atoms with Crippen LogP contribution in [0, 0.1) is 19.7 Å². The number of carbonyl (C=O) groups is 1. The van der Waals surface area contributed by atoms with E-state index in [1.165, 1.54) is 18.3 Å². The van der Waals surface area contributed by atoms with Crippen molar-refractivity contribution >= 4 is 5.97 Å². The van der Waals surface area contributed by atoms with Gasteiger partial charge in [-0.25, -0.2) is 13.9 Å². The second-order valence-electron chi connectivity index (χ2n) is 5.14. The first kappa shape index (κ1) is 15.0. The van der Waals surface area contributed by atoms with Gasteiger partial charge in [-0.3, -0.25) is 0 Å². The third-order valence-corrected chi connectivity index (χ3v) is 3.65. The molecule has 0 unspecified atom stereocenters. The van der Waals surface area contributed by atoms with Gasteiger partial charge in [-0.05, 0) is 38.1 Å². The Bertz CT molecular complexity index is 857. The largest absolute Gasteiger partial charge is 0.422 e. The number of hydrogen-bond donors (Lipinski definition) is 0. The Kier molecular flexibility index (Phi) is 3.93. The molecule has 5 heteroatoms. The molecule has 1 aromatic heterocycles. The molecule has 4 nitrogen and oxygen atoms in total. The molecule has 0 saturated carbocycles. The zero-order valence-electron chi connectivity index (χ0n) is 12.8. The number of rotatable bonds is 3. The van der Waals surface area contributed by atoms with E-state index in [0.29, 0.717) is 16.8 Å². The lowest BCUT2D eigenvalue weighted by Gasteiger charge is -2.08. The van der Waals surface area contributed by atoms with Crippen LogP contribution in [0.25, 0.3) is 5.69 Å². The topological polar surface area (TPSA) is 44.1 Å². The van der Waals surface area contributed by atoms with Crippen LogP contribution in [-0.4, -0.2) is 15.7 Å². The average Bonchev–Trinajstić information content (AvgIpc) is 2.94. The van der Waals surface area contributed by atoms with Crippen molar-refractivity contribution in [3.63, 3.8) is 0 Å². The van der Waals surface area contributed by atoms with Crippen LogP contribution in [0.3, 0.4) is 0 Å². The summed E-state index contributed by atoms with van der Waals surface area (Å²) in [7, 11) is 0. The molecular weight excluding hydrogens is 295 g/mol. The fourth-order valence-corrected chi connectivity index (χ4v) is 2.29. The van der Waals surface area contributed by atoms with Crippen molar-refractivity contribution in [1.82, 2.24) is 9.78 Å². The third kappa shape index (κ3) is 2.85. The van der Waals surface area contributed by atoms with Crippen LogP contribution in [0.5, 0.6) is 5.75 Å². The Morgan fingerprint density at radius 3 is 2.57 bits per heavy atom. The summed E-state index contributed by atoms with van der Waals surface area (Å²) in [6.07, 6.45) is 1.46. The summed E-state index contributed by atoms with van der Waals surface area (Å²) in [5.74, 6) is -0.757. The second kappa shape index (κ2) is 6.04. The summed E-state index contributed by atoms with van der Waals surface area (Å²) in [5.41, 5.74) is 2.16. The number of para-hydroxylation sites is 1. The Morgan fingerprint density at radius 2 is 1.83 bits per heavy atom. The maximum Gasteiger partial charge on any atom is 0.347 e. The Hall–Kier alpha value is -2.95. The number of hydrogen-bond acceptors (Lipinski definition) is 3. The molecule has 0 atom stereocenters. The Balaban J connectivity index is 1.89. The first-order chi connectivity index (χ1) is 11.1. The van der Waals surface area contributed by atoms with Crippen LogP contribution >= 0.6 is 0 Å². The Morgan fingerprint density at radius 1 is 1.09 bits per heavy atom. The minimum Gasteiger partial charge on any atom is -0.422 e. The highest BCUT2D eigenvalue weighted by Crippen LogP contribution is 2.22. The Labute approximate surface area is 133 Å². The molecule has 0 aliphatic heterocycles. The van der Waals surface area contributed by atoms with Gasteiger partial charge in [0.25, 0.3) is 0 Å². The molecule has 0 fully saturated rings. The minimum absolute atomic E-state index is 0.210. The molecule has 0 radical (unpaired) electrons. The molecule has 2 aromatic carbocycles. The average molecular weight is 310 g/mol. The maximum absolute atomic E-state index is 13.5. The molecule has 3 rings (SSSR count). The highest BCUT2D eigenvalue weighted by molar-refractivity contribution is 5.92.